The molecule has 102 valence electrons. The first-order valence-corrected chi connectivity index (χ1v) is 6.36. The molecule has 0 bridgehead atoms. The van der Waals surface area contributed by atoms with Crippen LogP contribution in [0.4, 0.5) is 0 Å². The first kappa shape index (κ1) is 14.6. The molecule has 0 spiro atoms. The van der Waals surface area contributed by atoms with Gasteiger partial charge in [0, 0.05) is 32.4 Å². The minimum atomic E-state index is -0.0827. The van der Waals surface area contributed by atoms with Gasteiger partial charge >= 0.3 is 0 Å². The van der Waals surface area contributed by atoms with Crippen LogP contribution < -0.4 is 5.32 Å². The fraction of sp³-hybridized carbons (Fsp3) is 0.750. The maximum absolute atomic E-state index is 11.3. The first-order chi connectivity index (χ1) is 8.65. The third-order valence-corrected chi connectivity index (χ3v) is 2.87. The van der Waals surface area contributed by atoms with E-state index in [4.69, 9.17) is 5.11 Å². The van der Waals surface area contributed by atoms with Gasteiger partial charge in [0.25, 0.3) is 0 Å². The molecular formula is C12H20N2O4. The molecule has 0 aromatic rings. The molecular weight excluding hydrogens is 236 g/mol. The number of carbonyl (C=O) groups is 3. The van der Waals surface area contributed by atoms with Crippen LogP contribution in [0.2, 0.25) is 0 Å². The minimum Gasteiger partial charge on any atom is -0.395 e. The van der Waals surface area contributed by atoms with Crippen LogP contribution in [0.15, 0.2) is 0 Å². The lowest BCUT2D eigenvalue weighted by Crippen LogP contribution is -2.30. The lowest BCUT2D eigenvalue weighted by molar-refractivity contribution is -0.138. The average molecular weight is 256 g/mol. The van der Waals surface area contributed by atoms with E-state index in [1.54, 1.807) is 0 Å². The maximum Gasteiger partial charge on any atom is 0.229 e. The van der Waals surface area contributed by atoms with Gasteiger partial charge in [-0.3, -0.25) is 19.3 Å². The number of aliphatic hydroxyl groups is 1. The standard InChI is InChI=1S/C12H20N2O4/c15-9-7-13-10(16)4-2-1-3-8-14-11(17)5-6-12(14)18/h15H,1-9H2,(H,13,16). The number of hydrogen-bond donors (Lipinski definition) is 2. The molecule has 0 atom stereocenters. The van der Waals surface area contributed by atoms with Crippen LogP contribution in [-0.2, 0) is 14.4 Å². The van der Waals surface area contributed by atoms with Crippen LogP contribution in [0.5, 0.6) is 0 Å². The van der Waals surface area contributed by atoms with E-state index in [0.717, 1.165) is 19.3 Å². The second-order valence-electron chi connectivity index (χ2n) is 4.32. The summed E-state index contributed by atoms with van der Waals surface area (Å²) in [7, 11) is 0. The molecule has 0 unspecified atom stereocenters. The fourth-order valence-electron chi connectivity index (χ4n) is 1.89. The van der Waals surface area contributed by atoms with Gasteiger partial charge in [-0.05, 0) is 12.8 Å². The number of rotatable bonds is 8. The minimum absolute atomic E-state index is 0.0507. The molecule has 0 saturated carbocycles. The van der Waals surface area contributed by atoms with Crippen LogP contribution >= 0.6 is 0 Å². The van der Waals surface area contributed by atoms with Gasteiger partial charge in [0.05, 0.1) is 6.61 Å². The molecule has 6 nitrogen and oxygen atoms in total. The SMILES string of the molecule is O=C(CCCCCN1C(=O)CCC1=O)NCCO. The van der Waals surface area contributed by atoms with E-state index in [1.807, 2.05) is 0 Å². The van der Waals surface area contributed by atoms with E-state index in [1.165, 1.54) is 4.90 Å². The summed E-state index contributed by atoms with van der Waals surface area (Å²) in [6, 6.07) is 0. The van der Waals surface area contributed by atoms with Gasteiger partial charge in [-0.1, -0.05) is 6.42 Å². The average Bonchev–Trinajstić information content (AvgIpc) is 2.67. The van der Waals surface area contributed by atoms with Crippen molar-refractivity contribution in [1.82, 2.24) is 10.2 Å². The second kappa shape index (κ2) is 7.81. The molecule has 18 heavy (non-hydrogen) atoms. The largest absolute Gasteiger partial charge is 0.395 e. The highest BCUT2D eigenvalue weighted by Crippen LogP contribution is 2.13. The van der Waals surface area contributed by atoms with E-state index < -0.39 is 0 Å². The number of likely N-dealkylation sites (tertiary alicyclic amines) is 1. The molecule has 1 saturated heterocycles. The van der Waals surface area contributed by atoms with Crippen LogP contribution in [0.1, 0.15) is 38.5 Å². The third-order valence-electron chi connectivity index (χ3n) is 2.87. The molecule has 1 aliphatic rings. The summed E-state index contributed by atoms with van der Waals surface area (Å²) < 4.78 is 0. The number of nitrogens with one attached hydrogen (secondary N) is 1. The molecule has 1 aliphatic heterocycles. The first-order valence-electron chi connectivity index (χ1n) is 6.36. The molecule has 0 radical (unpaired) electrons. The van der Waals surface area contributed by atoms with Crippen LogP contribution in [0, 0.1) is 0 Å². The van der Waals surface area contributed by atoms with Crippen LogP contribution in [0.3, 0.4) is 0 Å². The fourth-order valence-corrected chi connectivity index (χ4v) is 1.89. The topological polar surface area (TPSA) is 86.7 Å². The van der Waals surface area contributed by atoms with E-state index in [9.17, 15) is 14.4 Å². The predicted octanol–water partition coefficient (Wildman–Crippen LogP) is -0.196. The third kappa shape index (κ3) is 4.83. The Morgan fingerprint density at radius 1 is 1.17 bits per heavy atom. The van der Waals surface area contributed by atoms with E-state index >= 15 is 0 Å². The zero-order valence-electron chi connectivity index (χ0n) is 10.5. The molecule has 0 aromatic heterocycles. The summed E-state index contributed by atoms with van der Waals surface area (Å²) in [6.07, 6.45) is 3.37. The molecule has 1 rings (SSSR count). The molecule has 3 amide bonds. The van der Waals surface area contributed by atoms with Gasteiger partial charge in [-0.15, -0.1) is 0 Å². The van der Waals surface area contributed by atoms with Gasteiger partial charge in [-0.25, -0.2) is 0 Å². The van der Waals surface area contributed by atoms with E-state index in [0.29, 0.717) is 25.8 Å². The predicted molar refractivity (Wildman–Crippen MR) is 64.5 cm³/mol. The summed E-state index contributed by atoms with van der Waals surface area (Å²) in [5.74, 6) is -0.237. The lowest BCUT2D eigenvalue weighted by atomic mass is 10.2. The van der Waals surface area contributed by atoms with Gasteiger partial charge in [-0.2, -0.15) is 0 Å². The highest BCUT2D eigenvalue weighted by atomic mass is 16.3. The molecule has 0 aromatic carbocycles. The van der Waals surface area contributed by atoms with Crippen LogP contribution in [0.25, 0.3) is 0 Å². The maximum atomic E-state index is 11.3. The van der Waals surface area contributed by atoms with Gasteiger partial charge in [0.15, 0.2) is 0 Å². The van der Waals surface area contributed by atoms with Gasteiger partial charge in [0.2, 0.25) is 17.7 Å². The van der Waals surface area contributed by atoms with Crippen molar-refractivity contribution in [2.75, 3.05) is 19.7 Å². The Hall–Kier alpha value is -1.43. The normalized spacial score (nSPS) is 15.3. The number of amides is 3. The Bertz CT molecular complexity index is 301. The van der Waals surface area contributed by atoms with Crippen molar-refractivity contribution in [2.24, 2.45) is 0 Å². The van der Waals surface area contributed by atoms with Crippen LogP contribution in [-0.4, -0.2) is 47.4 Å². The van der Waals surface area contributed by atoms with Crippen molar-refractivity contribution < 1.29 is 19.5 Å². The molecule has 6 heteroatoms. The molecule has 1 heterocycles. The highest BCUT2D eigenvalue weighted by Gasteiger charge is 2.27. The molecule has 0 aliphatic carbocycles. The smallest absolute Gasteiger partial charge is 0.229 e. The summed E-state index contributed by atoms with van der Waals surface area (Å²) in [4.78, 5) is 35.1. The number of aliphatic hydroxyl groups excluding tert-OH is 1. The van der Waals surface area contributed by atoms with Crippen molar-refractivity contribution >= 4 is 17.7 Å². The van der Waals surface area contributed by atoms with Gasteiger partial charge < -0.3 is 10.4 Å². The quantitative estimate of drug-likeness (QED) is 0.465. The van der Waals surface area contributed by atoms with Crippen molar-refractivity contribution in [2.45, 2.75) is 38.5 Å². The van der Waals surface area contributed by atoms with E-state index in [2.05, 4.69) is 5.32 Å². The summed E-state index contributed by atoms with van der Waals surface area (Å²) in [5, 5.41) is 11.1. The van der Waals surface area contributed by atoms with Crippen molar-refractivity contribution in [3.8, 4) is 0 Å². The number of imide groups is 1. The Labute approximate surface area is 106 Å². The zero-order chi connectivity index (χ0) is 13.4. The van der Waals surface area contributed by atoms with Gasteiger partial charge in [0.1, 0.15) is 0 Å². The van der Waals surface area contributed by atoms with Crippen molar-refractivity contribution in [1.29, 1.82) is 0 Å². The highest BCUT2D eigenvalue weighted by molar-refractivity contribution is 6.01. The molecule has 2 N–H and O–H groups in total. The zero-order valence-corrected chi connectivity index (χ0v) is 10.5. The Kier molecular flexibility index (Phi) is 6.35. The Morgan fingerprint density at radius 3 is 2.44 bits per heavy atom. The summed E-state index contributed by atoms with van der Waals surface area (Å²) >= 11 is 0. The van der Waals surface area contributed by atoms with E-state index in [-0.39, 0.29) is 30.9 Å². The second-order valence-corrected chi connectivity index (χ2v) is 4.32. The number of unbranched alkanes of at least 4 members (excludes halogenated alkanes) is 2. The number of carbonyl (C=O) groups excluding carboxylic acids is 3. The summed E-state index contributed by atoms with van der Waals surface area (Å²) in [5.41, 5.74) is 0. The lowest BCUT2D eigenvalue weighted by Gasteiger charge is -2.12. The Balaban J connectivity index is 2.03. The van der Waals surface area contributed by atoms with Crippen molar-refractivity contribution in [3.05, 3.63) is 0 Å². The molecule has 1 fully saturated rings. The summed E-state index contributed by atoms with van der Waals surface area (Å²) in [6.45, 7) is 0.705. The Morgan fingerprint density at radius 2 is 1.83 bits per heavy atom. The van der Waals surface area contributed by atoms with Crippen molar-refractivity contribution in [3.63, 3.8) is 0 Å². The monoisotopic (exact) mass is 256 g/mol. The number of nitrogens with zero attached hydrogens (tertiary/aromatic N) is 1. The number of hydrogen-bond acceptors (Lipinski definition) is 4.